The fourth-order valence-electron chi connectivity index (χ4n) is 6.23. The third-order valence-corrected chi connectivity index (χ3v) is 7.29. The lowest BCUT2D eigenvalue weighted by Gasteiger charge is -2.53. The summed E-state index contributed by atoms with van der Waals surface area (Å²) in [6.45, 7) is 6.54. The molecule has 1 heteroatoms. The monoisotopic (exact) mass is 284 g/mol. The van der Waals surface area contributed by atoms with Crippen molar-refractivity contribution >= 4 is 0 Å². The summed E-state index contributed by atoms with van der Waals surface area (Å²) in [6.07, 6.45) is 15.4. The van der Waals surface area contributed by atoms with Gasteiger partial charge in [-0.15, -0.1) is 0 Å². The van der Waals surface area contributed by atoms with Gasteiger partial charge in [-0.3, -0.25) is 0 Å². The quantitative estimate of drug-likeness (QED) is 0.695. The molecule has 0 radical (unpaired) electrons. The van der Waals surface area contributed by atoms with Crippen LogP contribution < -0.4 is 0 Å². The molecule has 1 nitrogen and oxygen atoms in total. The molecule has 4 aliphatic carbocycles. The Bertz CT molecular complexity index is 514. The lowest BCUT2D eigenvalue weighted by Crippen LogP contribution is -2.45. The number of aliphatic hydroxyl groups is 1. The zero-order valence-electron chi connectivity index (χ0n) is 13.2. The molecule has 0 saturated heterocycles. The summed E-state index contributed by atoms with van der Waals surface area (Å²) in [6, 6.07) is 0. The fourth-order valence-corrected chi connectivity index (χ4v) is 6.23. The molecule has 0 aromatic carbocycles. The van der Waals surface area contributed by atoms with Gasteiger partial charge in [0.15, 0.2) is 0 Å². The second kappa shape index (κ2) is 4.84. The van der Waals surface area contributed by atoms with Gasteiger partial charge in [0.2, 0.25) is 0 Å². The first-order valence-electron chi connectivity index (χ1n) is 8.85. The lowest BCUT2D eigenvalue weighted by atomic mass is 9.51. The van der Waals surface area contributed by atoms with Crippen LogP contribution in [0.25, 0.3) is 0 Å². The van der Waals surface area contributed by atoms with Crippen molar-refractivity contribution in [2.45, 2.75) is 58.0 Å². The Morgan fingerprint density at radius 2 is 2.10 bits per heavy atom. The predicted molar refractivity (Wildman–Crippen MR) is 86.8 cm³/mol. The molecule has 0 aromatic rings. The largest absolute Gasteiger partial charge is 0.389 e. The molecule has 2 saturated carbocycles. The van der Waals surface area contributed by atoms with Crippen molar-refractivity contribution in [2.75, 3.05) is 0 Å². The smallest absolute Gasteiger partial charge is 0.0723 e. The molecule has 4 rings (SSSR count). The molecule has 0 aliphatic heterocycles. The van der Waals surface area contributed by atoms with Crippen molar-refractivity contribution < 1.29 is 5.11 Å². The summed E-state index contributed by atoms with van der Waals surface area (Å²) in [4.78, 5) is 0. The van der Waals surface area contributed by atoms with Crippen LogP contribution in [0.4, 0.5) is 0 Å². The lowest BCUT2D eigenvalue weighted by molar-refractivity contribution is 0.00590. The Kier molecular flexibility index (Phi) is 3.19. The van der Waals surface area contributed by atoms with E-state index in [1.807, 2.05) is 0 Å². The van der Waals surface area contributed by atoms with Gasteiger partial charge in [-0.2, -0.15) is 0 Å². The number of allylic oxidation sites excluding steroid dienone is 4. The minimum atomic E-state index is -0.165. The number of fused-ring (bicyclic) bond motifs is 5. The van der Waals surface area contributed by atoms with Gasteiger partial charge >= 0.3 is 0 Å². The first-order valence-corrected chi connectivity index (χ1v) is 8.85. The fraction of sp³-hybridized carbons (Fsp3) is 0.700. The molecule has 0 amide bonds. The third kappa shape index (κ3) is 1.93. The maximum atomic E-state index is 9.91. The standard InChI is InChI=1S/C20H28O/c1-3-14-5-9-19-18-7-4-13-12-15(21)6-8-16(13)17(18)10-11-20(14,19)2/h3,5,12,15-19,21H,1,4,6-11H2,2H3. The maximum absolute atomic E-state index is 9.91. The minimum Gasteiger partial charge on any atom is -0.389 e. The van der Waals surface area contributed by atoms with Crippen LogP contribution in [-0.2, 0) is 0 Å². The highest BCUT2D eigenvalue weighted by molar-refractivity contribution is 5.33. The van der Waals surface area contributed by atoms with E-state index in [9.17, 15) is 5.11 Å². The van der Waals surface area contributed by atoms with E-state index in [1.165, 1.54) is 44.1 Å². The van der Waals surface area contributed by atoms with Gasteiger partial charge in [0.1, 0.15) is 0 Å². The van der Waals surface area contributed by atoms with Crippen molar-refractivity contribution in [3.63, 3.8) is 0 Å². The van der Waals surface area contributed by atoms with E-state index in [2.05, 4.69) is 31.7 Å². The molecule has 2 fully saturated rings. The molecule has 114 valence electrons. The van der Waals surface area contributed by atoms with Crippen LogP contribution in [0, 0.1) is 29.1 Å². The summed E-state index contributed by atoms with van der Waals surface area (Å²) < 4.78 is 0. The Labute approximate surface area is 128 Å². The van der Waals surface area contributed by atoms with Crippen molar-refractivity contribution in [3.8, 4) is 0 Å². The van der Waals surface area contributed by atoms with E-state index in [4.69, 9.17) is 0 Å². The van der Waals surface area contributed by atoms with E-state index in [1.54, 1.807) is 5.57 Å². The summed E-state index contributed by atoms with van der Waals surface area (Å²) in [5.74, 6) is 3.41. The Morgan fingerprint density at radius 3 is 2.90 bits per heavy atom. The average molecular weight is 284 g/mol. The van der Waals surface area contributed by atoms with Crippen LogP contribution in [0.1, 0.15) is 51.9 Å². The molecular formula is C20H28O. The van der Waals surface area contributed by atoms with E-state index in [0.29, 0.717) is 5.41 Å². The zero-order valence-corrected chi connectivity index (χ0v) is 13.2. The number of hydrogen-bond donors (Lipinski definition) is 1. The molecule has 6 atom stereocenters. The summed E-state index contributed by atoms with van der Waals surface area (Å²) in [5, 5.41) is 9.91. The molecule has 0 bridgehead atoms. The normalized spacial score (nSPS) is 48.6. The van der Waals surface area contributed by atoms with Crippen molar-refractivity contribution in [2.24, 2.45) is 29.1 Å². The van der Waals surface area contributed by atoms with Crippen molar-refractivity contribution in [1.82, 2.24) is 0 Å². The second-order valence-electron chi connectivity index (χ2n) is 8.02. The Balaban J connectivity index is 1.62. The number of aliphatic hydroxyl groups excluding tert-OH is 1. The first kappa shape index (κ1) is 13.8. The molecule has 21 heavy (non-hydrogen) atoms. The van der Waals surface area contributed by atoms with E-state index < -0.39 is 0 Å². The zero-order chi connectivity index (χ0) is 14.6. The SMILES string of the molecule is C=CC1=CCC2C3CCC4=CC(O)CCC4C3CCC12C. The van der Waals surface area contributed by atoms with Gasteiger partial charge in [-0.1, -0.05) is 37.3 Å². The van der Waals surface area contributed by atoms with E-state index >= 15 is 0 Å². The Hall–Kier alpha value is -0.820. The van der Waals surface area contributed by atoms with Crippen LogP contribution in [0.2, 0.25) is 0 Å². The van der Waals surface area contributed by atoms with Crippen molar-refractivity contribution in [1.29, 1.82) is 0 Å². The highest BCUT2D eigenvalue weighted by atomic mass is 16.3. The third-order valence-electron chi connectivity index (χ3n) is 7.29. The molecule has 0 heterocycles. The van der Waals surface area contributed by atoms with E-state index in [0.717, 1.165) is 30.1 Å². The highest BCUT2D eigenvalue weighted by Crippen LogP contribution is 2.62. The van der Waals surface area contributed by atoms with Gasteiger partial charge in [0.25, 0.3) is 0 Å². The molecule has 0 spiro atoms. The predicted octanol–water partition coefficient (Wildman–Crippen LogP) is 4.64. The van der Waals surface area contributed by atoms with Crippen LogP contribution in [0.3, 0.4) is 0 Å². The van der Waals surface area contributed by atoms with Crippen LogP contribution >= 0.6 is 0 Å². The van der Waals surface area contributed by atoms with Gasteiger partial charge < -0.3 is 5.11 Å². The molecule has 6 unspecified atom stereocenters. The maximum Gasteiger partial charge on any atom is 0.0723 e. The summed E-state index contributed by atoms with van der Waals surface area (Å²) >= 11 is 0. The van der Waals surface area contributed by atoms with Gasteiger partial charge in [0.05, 0.1) is 6.10 Å². The number of hydrogen-bond acceptors (Lipinski definition) is 1. The van der Waals surface area contributed by atoms with Crippen molar-refractivity contribution in [3.05, 3.63) is 36.0 Å². The minimum absolute atomic E-state index is 0.165. The molecule has 0 aromatic heterocycles. The first-order chi connectivity index (χ1) is 10.1. The summed E-state index contributed by atoms with van der Waals surface area (Å²) in [7, 11) is 0. The molecular weight excluding hydrogens is 256 g/mol. The van der Waals surface area contributed by atoms with Gasteiger partial charge in [0, 0.05) is 0 Å². The Morgan fingerprint density at radius 1 is 1.24 bits per heavy atom. The number of rotatable bonds is 1. The topological polar surface area (TPSA) is 20.2 Å². The second-order valence-corrected chi connectivity index (χ2v) is 8.02. The van der Waals surface area contributed by atoms with Crippen LogP contribution in [0.15, 0.2) is 36.0 Å². The van der Waals surface area contributed by atoms with Gasteiger partial charge in [-0.25, -0.2) is 0 Å². The van der Waals surface area contributed by atoms with E-state index in [-0.39, 0.29) is 6.10 Å². The van der Waals surface area contributed by atoms with Crippen LogP contribution in [0.5, 0.6) is 0 Å². The van der Waals surface area contributed by atoms with Crippen LogP contribution in [-0.4, -0.2) is 11.2 Å². The molecule has 4 aliphatic rings. The molecule has 1 N–H and O–H groups in total. The highest BCUT2D eigenvalue weighted by Gasteiger charge is 2.52. The average Bonchev–Trinajstić information content (AvgIpc) is 2.83. The summed E-state index contributed by atoms with van der Waals surface area (Å²) in [5.41, 5.74) is 3.51. The van der Waals surface area contributed by atoms with Gasteiger partial charge in [-0.05, 0) is 79.6 Å².